The molecule has 77 heavy (non-hydrogen) atoms. The summed E-state index contributed by atoms with van der Waals surface area (Å²) in [6, 6.07) is 10.0. The van der Waals surface area contributed by atoms with Gasteiger partial charge < -0.3 is 39.6 Å². The fraction of sp³-hybridized carbons (Fsp3) is 0.345. The van der Waals surface area contributed by atoms with Crippen LogP contribution in [0.25, 0.3) is 45.1 Å². The molecule has 1 atom stereocenters. The van der Waals surface area contributed by atoms with Gasteiger partial charge in [0.15, 0.2) is 5.82 Å². The van der Waals surface area contributed by atoms with Crippen molar-refractivity contribution in [3.05, 3.63) is 120 Å². The molecule has 9 heterocycles. The summed E-state index contributed by atoms with van der Waals surface area (Å²) in [7, 11) is 1.51. The third-order valence-corrected chi connectivity index (χ3v) is 16.4. The average Bonchev–Trinajstić information content (AvgIpc) is 4.23. The van der Waals surface area contributed by atoms with Crippen molar-refractivity contribution in [1.82, 2.24) is 29.3 Å². The largest absolute Gasteiger partial charge is 0.461 e. The van der Waals surface area contributed by atoms with Gasteiger partial charge in [-0.05, 0) is 80.6 Å². The first kappa shape index (κ1) is 52.8. The molecule has 0 radical (unpaired) electrons. The van der Waals surface area contributed by atoms with Crippen molar-refractivity contribution in [3.8, 4) is 23.5 Å². The van der Waals surface area contributed by atoms with E-state index in [9.17, 15) is 33.2 Å². The Hall–Kier alpha value is -7.64. The van der Waals surface area contributed by atoms with Crippen molar-refractivity contribution < 1.29 is 41.8 Å². The number of ether oxygens (including phenoxy) is 3. The lowest BCUT2D eigenvalue weighted by molar-refractivity contribution is -0.148. The number of amides is 2. The number of esters is 1. The van der Waals surface area contributed by atoms with Crippen molar-refractivity contribution in [2.24, 2.45) is 0 Å². The summed E-state index contributed by atoms with van der Waals surface area (Å²) in [6.07, 6.45) is 6.77. The predicted octanol–water partition coefficient (Wildman–Crippen LogP) is 6.57. The van der Waals surface area contributed by atoms with E-state index in [0.717, 1.165) is 55.7 Å². The molecule has 17 nitrogen and oxygen atoms in total. The molecule has 0 saturated carbocycles. The number of methoxy groups -OCH3 is 1. The van der Waals surface area contributed by atoms with E-state index in [1.807, 2.05) is 30.0 Å². The number of pyridine rings is 2. The van der Waals surface area contributed by atoms with E-state index in [1.54, 1.807) is 15.5 Å². The van der Waals surface area contributed by atoms with Gasteiger partial charge in [-0.3, -0.25) is 24.1 Å². The van der Waals surface area contributed by atoms with Gasteiger partial charge >= 0.3 is 12.0 Å². The Morgan fingerprint density at radius 2 is 1.84 bits per heavy atom. The number of nitrogens with two attached hydrogens (primary N) is 1. The summed E-state index contributed by atoms with van der Waals surface area (Å²) < 4.78 is 63.4. The van der Waals surface area contributed by atoms with E-state index in [0.29, 0.717) is 109 Å². The maximum Gasteiger partial charge on any atom is 0.319 e. The topological polar surface area (TPSA) is 211 Å². The Balaban J connectivity index is 0.000000197. The highest BCUT2D eigenvalue weighted by molar-refractivity contribution is 7.14. The number of nitrogens with zero attached hydrogens (tertiary/aromatic N) is 8. The summed E-state index contributed by atoms with van der Waals surface area (Å²) in [6.45, 7) is 13.9. The lowest BCUT2D eigenvalue weighted by Crippen LogP contribution is -2.49. The first-order valence-electron chi connectivity index (χ1n) is 25.0. The summed E-state index contributed by atoms with van der Waals surface area (Å²) >= 11 is 7.68. The lowest BCUT2D eigenvalue weighted by atomic mass is 9.90. The second-order valence-electron chi connectivity index (χ2n) is 19.4. The Morgan fingerprint density at radius 3 is 2.52 bits per heavy atom. The molecule has 2 amide bonds. The summed E-state index contributed by atoms with van der Waals surface area (Å²) in [4.78, 5) is 68.8. The number of anilines is 3. The summed E-state index contributed by atoms with van der Waals surface area (Å²) in [5, 5.41) is 13.3. The second kappa shape index (κ2) is 21.4. The molecule has 1 unspecified atom stereocenters. The van der Waals surface area contributed by atoms with Gasteiger partial charge in [0.25, 0.3) is 11.5 Å². The quantitative estimate of drug-likeness (QED) is 0.0753. The molecule has 0 aliphatic carbocycles. The molecule has 5 aliphatic rings. The zero-order valence-electron chi connectivity index (χ0n) is 42.1. The minimum atomic E-state index is -0.800. The molecule has 22 heteroatoms. The minimum Gasteiger partial charge on any atom is -0.461 e. The van der Waals surface area contributed by atoms with E-state index in [2.05, 4.69) is 33.3 Å². The Bertz CT molecular complexity index is 3710. The summed E-state index contributed by atoms with van der Waals surface area (Å²) in [5.41, 5.74) is 9.74. The van der Waals surface area contributed by atoms with Crippen LogP contribution in [0.15, 0.2) is 59.9 Å². The zero-order valence-corrected chi connectivity index (χ0v) is 43.7. The number of carbonyl (C=O) groups excluding carboxylic acids is 3. The number of aromatic nitrogens is 4. The normalized spacial score (nSPS) is 17.9. The van der Waals surface area contributed by atoms with Gasteiger partial charge in [-0.25, -0.2) is 18.2 Å². The molecule has 0 spiro atoms. The van der Waals surface area contributed by atoms with Gasteiger partial charge in [0.2, 0.25) is 6.41 Å². The Labute approximate surface area is 448 Å². The molecule has 0 bridgehead atoms. The molecular weight excluding hydrogens is 1040 g/mol. The van der Waals surface area contributed by atoms with Crippen LogP contribution in [-0.4, -0.2) is 113 Å². The maximum atomic E-state index is 16.9. The fourth-order valence-corrected chi connectivity index (χ4v) is 12.5. The molecule has 11 rings (SSSR count). The average molecular weight is 1090 g/mol. The first-order chi connectivity index (χ1) is 37.2. The van der Waals surface area contributed by atoms with E-state index in [-0.39, 0.29) is 89.9 Å². The number of nitrogens with one attached hydrogen (secondary N) is 1. The van der Waals surface area contributed by atoms with Crippen molar-refractivity contribution in [2.75, 3.05) is 75.5 Å². The molecule has 398 valence electrons. The molecule has 2 aromatic carbocycles. The van der Waals surface area contributed by atoms with E-state index in [1.165, 1.54) is 25.3 Å². The van der Waals surface area contributed by atoms with Gasteiger partial charge in [0.1, 0.15) is 47.8 Å². The molecule has 6 aromatic rings. The van der Waals surface area contributed by atoms with Gasteiger partial charge in [-0.2, -0.15) is 15.2 Å². The van der Waals surface area contributed by atoms with Crippen LogP contribution in [0.5, 0.6) is 6.01 Å². The number of cyclic esters (lactones) is 1. The molecule has 3 fully saturated rings. The highest BCUT2D eigenvalue weighted by atomic mass is 35.5. The second-order valence-corrected chi connectivity index (χ2v) is 20.9. The standard InChI is InChI=1S/C34H36ClF2N7O3S.C21H16FN3O4/c1-4-21(26-23(17-38)30(39)48-25(26)16-36)27-24(35)15-22-29(28(27)37)40-33(47-19-34-7-5-9-44(34)10-6-8-34)41-31(22)42-11-13-43(14-12-42)32(45)20(2)18-46-3;1-2-12-13-5-18-19-11(7-25(18)20(27)14(13)8-29-21(12)28)3-10-4-17(23-9-26)15(22)6-16(10)24-19/h4,15-16H,1-2,5-14,18-19,39H2,3H3;3-6,9,12H,2,7-8H2,1H3,(H,23,26)/b25-16-,26-21+;. The number of carbonyl (C=O) groups is 3. The number of piperazine rings is 1. The number of nitriles is 1. The van der Waals surface area contributed by atoms with Gasteiger partial charge in [0, 0.05) is 72.0 Å². The van der Waals surface area contributed by atoms with Crippen LogP contribution < -0.4 is 36.0 Å². The van der Waals surface area contributed by atoms with Crippen LogP contribution in [0.2, 0.25) is 5.02 Å². The zero-order chi connectivity index (χ0) is 54.4. The van der Waals surface area contributed by atoms with Crippen molar-refractivity contribution in [1.29, 1.82) is 5.26 Å². The number of hydrogen-bond donors (Lipinski definition) is 2. The smallest absolute Gasteiger partial charge is 0.319 e. The van der Waals surface area contributed by atoms with Crippen LogP contribution in [0.3, 0.4) is 0 Å². The molecule has 5 aliphatic heterocycles. The van der Waals surface area contributed by atoms with Crippen LogP contribution in [0.1, 0.15) is 72.8 Å². The van der Waals surface area contributed by atoms with Gasteiger partial charge in [-0.1, -0.05) is 37.8 Å². The third-order valence-electron chi connectivity index (χ3n) is 15.2. The SMILES string of the molecule is C=C/C(c1c(Cl)cc2c(N3CCN(C(=O)C(=C)COC)CC3)nc(OCC34CCCN3CCC4)nc2c1F)=c1/c(C#N)c(N)s/c1=C\F.CCC1C(=O)OCc2c1cc1n(c2=O)Cc2cc3cc(NC=O)c(F)cc3nc2-1. The number of allylic oxidation sites excluding steroid dienone is 1. The number of rotatable bonds is 12. The highest BCUT2D eigenvalue weighted by Crippen LogP contribution is 2.42. The monoisotopic (exact) mass is 1090 g/mol. The maximum absolute atomic E-state index is 16.9. The lowest BCUT2D eigenvalue weighted by Gasteiger charge is -2.36. The van der Waals surface area contributed by atoms with Gasteiger partial charge in [-0.15, -0.1) is 11.3 Å². The van der Waals surface area contributed by atoms with Crippen molar-refractivity contribution >= 4 is 91.4 Å². The molecular formula is C55H52ClF3N10O7S. The number of halogens is 4. The fourth-order valence-electron chi connectivity index (χ4n) is 11.4. The first-order valence-corrected chi connectivity index (χ1v) is 26.2. The number of benzene rings is 2. The Kier molecular flexibility index (Phi) is 14.7. The molecule has 3 saturated heterocycles. The number of nitrogen functional groups attached to an aromatic ring is 1. The van der Waals surface area contributed by atoms with E-state index in [4.69, 9.17) is 36.5 Å². The van der Waals surface area contributed by atoms with Crippen LogP contribution in [-0.2, 0) is 37.0 Å². The van der Waals surface area contributed by atoms with Crippen molar-refractivity contribution in [3.63, 3.8) is 0 Å². The highest BCUT2D eigenvalue weighted by Gasteiger charge is 2.45. The summed E-state index contributed by atoms with van der Waals surface area (Å²) in [5.74, 6) is -1.97. The molecule has 4 aromatic heterocycles. The van der Waals surface area contributed by atoms with Crippen LogP contribution >= 0.6 is 22.9 Å². The van der Waals surface area contributed by atoms with E-state index < -0.39 is 17.6 Å². The predicted molar refractivity (Wildman–Crippen MR) is 287 cm³/mol. The van der Waals surface area contributed by atoms with Crippen molar-refractivity contribution in [2.45, 2.75) is 63.6 Å². The number of fused-ring (bicyclic) bond motifs is 7. The minimum absolute atomic E-state index is 0.000649. The van der Waals surface area contributed by atoms with Crippen LogP contribution in [0.4, 0.5) is 29.7 Å². The number of thiophene rings is 1. The van der Waals surface area contributed by atoms with E-state index >= 15 is 4.39 Å². The molecule has 3 N–H and O–H groups in total. The van der Waals surface area contributed by atoms with Crippen LogP contribution in [0, 0.1) is 23.0 Å². The third kappa shape index (κ3) is 9.36. The number of hydrogen-bond acceptors (Lipinski definition) is 15. The van der Waals surface area contributed by atoms with Gasteiger partial charge in [0.05, 0.1) is 67.9 Å². The Morgan fingerprint density at radius 1 is 1.09 bits per heavy atom.